The molecule has 0 amide bonds. The zero-order chi connectivity index (χ0) is 17.5. The summed E-state index contributed by atoms with van der Waals surface area (Å²) in [7, 11) is 2.00. The minimum absolute atomic E-state index is 0.406. The second-order valence-corrected chi connectivity index (χ2v) is 5.65. The van der Waals surface area contributed by atoms with Crippen molar-refractivity contribution in [2.45, 2.75) is 19.4 Å². The summed E-state index contributed by atoms with van der Waals surface area (Å²) >= 11 is 0. The van der Waals surface area contributed by atoms with Gasteiger partial charge in [0.15, 0.2) is 5.65 Å². The maximum absolute atomic E-state index is 8.74. The van der Waals surface area contributed by atoms with Crippen LogP contribution in [0.15, 0.2) is 42.9 Å². The first-order chi connectivity index (χ1) is 12.3. The number of fused-ring (bicyclic) bond motifs is 1. The molecule has 0 saturated carbocycles. The molecule has 0 saturated heterocycles. The van der Waals surface area contributed by atoms with Crippen LogP contribution in [0.5, 0.6) is 5.75 Å². The van der Waals surface area contributed by atoms with Crippen LogP contribution in [0.3, 0.4) is 0 Å². The molecule has 0 unspecified atom stereocenters. The molecule has 0 aliphatic carbocycles. The van der Waals surface area contributed by atoms with E-state index in [-0.39, 0.29) is 0 Å². The highest BCUT2D eigenvalue weighted by molar-refractivity contribution is 5.86. The number of nitriles is 1. The topological polar surface area (TPSA) is 79.9 Å². The monoisotopic (exact) mass is 336 g/mol. The van der Waals surface area contributed by atoms with E-state index in [1.54, 1.807) is 17.2 Å². The number of aryl methyl sites for hydroxylation is 1. The van der Waals surface area contributed by atoms with E-state index in [1.807, 2.05) is 37.4 Å². The zero-order valence-electron chi connectivity index (χ0n) is 14.2. The molecule has 0 radical (unpaired) electrons. The largest absolute Gasteiger partial charge is 0.494 e. The summed E-state index contributed by atoms with van der Waals surface area (Å²) in [5.74, 6) is 1.72. The number of para-hydroxylation sites is 1. The third-order valence-corrected chi connectivity index (χ3v) is 3.86. The van der Waals surface area contributed by atoms with Crippen molar-refractivity contribution in [2.24, 2.45) is 0 Å². The Morgan fingerprint density at radius 1 is 1.24 bits per heavy atom. The molecule has 1 aromatic carbocycles. The van der Waals surface area contributed by atoms with E-state index in [0.717, 1.165) is 35.6 Å². The minimum atomic E-state index is 0.406. The SMILES string of the molecule is CN(CCCOc1ccccc1)c1ncnc2c1cnn2CCC#N. The van der Waals surface area contributed by atoms with E-state index in [0.29, 0.717) is 19.6 Å². The van der Waals surface area contributed by atoms with Gasteiger partial charge in [-0.1, -0.05) is 18.2 Å². The Hall–Kier alpha value is -3.14. The lowest BCUT2D eigenvalue weighted by molar-refractivity contribution is 0.312. The van der Waals surface area contributed by atoms with Crippen LogP contribution >= 0.6 is 0 Å². The van der Waals surface area contributed by atoms with Crippen molar-refractivity contribution in [1.82, 2.24) is 19.7 Å². The van der Waals surface area contributed by atoms with Crippen molar-refractivity contribution in [3.63, 3.8) is 0 Å². The van der Waals surface area contributed by atoms with Gasteiger partial charge in [-0.2, -0.15) is 10.4 Å². The second kappa shape index (κ2) is 8.11. The van der Waals surface area contributed by atoms with Gasteiger partial charge in [0, 0.05) is 13.6 Å². The van der Waals surface area contributed by atoms with Gasteiger partial charge in [-0.05, 0) is 18.6 Å². The molecule has 3 aromatic rings. The number of hydrogen-bond donors (Lipinski definition) is 0. The van der Waals surface area contributed by atoms with E-state index in [1.165, 1.54) is 0 Å². The molecule has 128 valence electrons. The number of rotatable bonds is 8. The lowest BCUT2D eigenvalue weighted by Crippen LogP contribution is -2.21. The highest BCUT2D eigenvalue weighted by Gasteiger charge is 2.12. The summed E-state index contributed by atoms with van der Waals surface area (Å²) < 4.78 is 7.47. The average molecular weight is 336 g/mol. The fraction of sp³-hybridized carbons (Fsp3) is 0.333. The Kier molecular flexibility index (Phi) is 5.42. The Balaban J connectivity index is 1.61. The molecule has 2 heterocycles. The summed E-state index contributed by atoms with van der Waals surface area (Å²) in [4.78, 5) is 10.8. The van der Waals surface area contributed by atoms with Crippen molar-refractivity contribution in [3.05, 3.63) is 42.9 Å². The standard InChI is InChI=1S/C18H20N6O/c1-23(10-6-12-25-15-7-3-2-4-8-15)17-16-13-22-24(11-5-9-19)18(16)21-14-20-17/h2-4,7-8,13-14H,5-6,10-12H2,1H3. The molecule has 0 N–H and O–H groups in total. The van der Waals surface area contributed by atoms with Crippen LogP contribution in [0.1, 0.15) is 12.8 Å². The minimum Gasteiger partial charge on any atom is -0.494 e. The lowest BCUT2D eigenvalue weighted by atomic mass is 10.3. The van der Waals surface area contributed by atoms with Crippen LogP contribution in [0.2, 0.25) is 0 Å². The zero-order valence-corrected chi connectivity index (χ0v) is 14.2. The number of nitrogens with zero attached hydrogens (tertiary/aromatic N) is 6. The van der Waals surface area contributed by atoms with Gasteiger partial charge in [-0.25, -0.2) is 14.6 Å². The van der Waals surface area contributed by atoms with E-state index >= 15 is 0 Å². The summed E-state index contributed by atoms with van der Waals surface area (Å²) in [6, 6.07) is 11.9. The Labute approximate surface area is 146 Å². The molecule has 0 aliphatic heterocycles. The Morgan fingerprint density at radius 3 is 2.88 bits per heavy atom. The first kappa shape index (κ1) is 16.7. The van der Waals surface area contributed by atoms with Crippen LogP contribution in [0, 0.1) is 11.3 Å². The first-order valence-corrected chi connectivity index (χ1v) is 8.22. The maximum Gasteiger partial charge on any atom is 0.163 e. The van der Waals surface area contributed by atoms with Crippen LogP contribution < -0.4 is 9.64 Å². The third kappa shape index (κ3) is 4.04. The van der Waals surface area contributed by atoms with Crippen LogP contribution in [0.25, 0.3) is 11.0 Å². The van der Waals surface area contributed by atoms with Gasteiger partial charge >= 0.3 is 0 Å². The van der Waals surface area contributed by atoms with Gasteiger partial charge in [0.1, 0.15) is 17.9 Å². The first-order valence-electron chi connectivity index (χ1n) is 8.22. The Morgan fingerprint density at radius 2 is 2.08 bits per heavy atom. The summed E-state index contributed by atoms with van der Waals surface area (Å²) in [5, 5.41) is 14.0. The van der Waals surface area contributed by atoms with Crippen molar-refractivity contribution in [1.29, 1.82) is 5.26 Å². The number of ether oxygens (including phenoxy) is 1. The molecule has 25 heavy (non-hydrogen) atoms. The fourth-order valence-electron chi connectivity index (χ4n) is 2.62. The number of benzene rings is 1. The molecule has 0 spiro atoms. The molecular weight excluding hydrogens is 316 g/mol. The van der Waals surface area contributed by atoms with Crippen LogP contribution in [-0.2, 0) is 6.54 Å². The molecule has 0 bridgehead atoms. The van der Waals surface area contributed by atoms with Gasteiger partial charge in [0.05, 0.1) is 37.2 Å². The summed E-state index contributed by atoms with van der Waals surface area (Å²) in [6.45, 7) is 1.98. The molecule has 7 nitrogen and oxygen atoms in total. The van der Waals surface area contributed by atoms with Crippen molar-refractivity contribution in [2.75, 3.05) is 25.1 Å². The predicted octanol–water partition coefficient (Wildman–Crippen LogP) is 2.65. The smallest absolute Gasteiger partial charge is 0.163 e. The Bertz CT molecular complexity index is 855. The van der Waals surface area contributed by atoms with Crippen LogP contribution in [-0.4, -0.2) is 39.9 Å². The highest BCUT2D eigenvalue weighted by Crippen LogP contribution is 2.22. The number of aromatic nitrogens is 4. The maximum atomic E-state index is 8.74. The summed E-state index contributed by atoms with van der Waals surface area (Å²) in [6.07, 6.45) is 4.58. The van der Waals surface area contributed by atoms with Crippen molar-refractivity contribution in [3.8, 4) is 11.8 Å². The van der Waals surface area contributed by atoms with E-state index in [2.05, 4.69) is 26.0 Å². The van der Waals surface area contributed by atoms with Crippen LogP contribution in [0.4, 0.5) is 5.82 Å². The van der Waals surface area contributed by atoms with Crippen molar-refractivity contribution < 1.29 is 4.74 Å². The lowest BCUT2D eigenvalue weighted by Gasteiger charge is -2.18. The third-order valence-electron chi connectivity index (χ3n) is 3.86. The predicted molar refractivity (Wildman–Crippen MR) is 95.4 cm³/mol. The molecule has 0 fully saturated rings. The normalized spacial score (nSPS) is 10.6. The molecule has 7 heteroatoms. The van der Waals surface area contributed by atoms with E-state index < -0.39 is 0 Å². The average Bonchev–Trinajstić information content (AvgIpc) is 3.07. The van der Waals surface area contributed by atoms with Gasteiger partial charge in [-0.3, -0.25) is 0 Å². The van der Waals surface area contributed by atoms with Gasteiger partial charge in [-0.15, -0.1) is 0 Å². The second-order valence-electron chi connectivity index (χ2n) is 5.65. The number of anilines is 1. The molecule has 0 atom stereocenters. The highest BCUT2D eigenvalue weighted by atomic mass is 16.5. The van der Waals surface area contributed by atoms with Crippen molar-refractivity contribution >= 4 is 16.9 Å². The van der Waals surface area contributed by atoms with Gasteiger partial charge in [0.2, 0.25) is 0 Å². The number of hydrogen-bond acceptors (Lipinski definition) is 6. The summed E-state index contributed by atoms with van der Waals surface area (Å²) in [5.41, 5.74) is 0.757. The molecule has 0 aliphatic rings. The van der Waals surface area contributed by atoms with E-state index in [4.69, 9.17) is 10.00 Å². The van der Waals surface area contributed by atoms with Gasteiger partial charge < -0.3 is 9.64 Å². The van der Waals surface area contributed by atoms with E-state index in [9.17, 15) is 0 Å². The molecular formula is C18H20N6O. The fourth-order valence-corrected chi connectivity index (χ4v) is 2.62. The molecule has 2 aromatic heterocycles. The molecule has 3 rings (SSSR count). The quantitative estimate of drug-likeness (QED) is 0.588. The van der Waals surface area contributed by atoms with Gasteiger partial charge in [0.25, 0.3) is 0 Å².